The number of benzene rings is 1. The summed E-state index contributed by atoms with van der Waals surface area (Å²) in [6.45, 7) is 2.02. The van der Waals surface area contributed by atoms with E-state index in [9.17, 15) is 31.5 Å². The zero-order valence-corrected chi connectivity index (χ0v) is 19.3. The lowest BCUT2D eigenvalue weighted by Gasteiger charge is -2.34. The van der Waals surface area contributed by atoms with Crippen LogP contribution in [-0.2, 0) is 33.5 Å². The van der Waals surface area contributed by atoms with Gasteiger partial charge >= 0.3 is 6.18 Å². The lowest BCUT2D eigenvalue weighted by atomic mass is 10.0. The zero-order valence-electron chi connectivity index (χ0n) is 19.3. The van der Waals surface area contributed by atoms with Gasteiger partial charge in [0.1, 0.15) is 6.61 Å². The molecule has 8 nitrogen and oxygen atoms in total. The molecule has 1 fully saturated rings. The Hall–Kier alpha value is -3.19. The molecule has 2 aliphatic heterocycles. The lowest BCUT2D eigenvalue weighted by Crippen LogP contribution is -2.51. The number of ether oxygens (including phenoxy) is 1. The molecule has 194 valence electrons. The van der Waals surface area contributed by atoms with Crippen LogP contribution < -0.4 is 5.73 Å². The number of alkyl halides is 3. The fourth-order valence-corrected chi connectivity index (χ4v) is 4.29. The maximum atomic E-state index is 13.8. The van der Waals surface area contributed by atoms with Gasteiger partial charge in [-0.15, -0.1) is 0 Å². The first-order chi connectivity index (χ1) is 16.9. The van der Waals surface area contributed by atoms with Crippen LogP contribution in [0, 0.1) is 11.6 Å². The lowest BCUT2D eigenvalue weighted by molar-refractivity contribution is -0.148. The van der Waals surface area contributed by atoms with Crippen LogP contribution in [0.1, 0.15) is 30.3 Å². The van der Waals surface area contributed by atoms with E-state index in [2.05, 4.69) is 9.97 Å². The van der Waals surface area contributed by atoms with Gasteiger partial charge in [0, 0.05) is 43.2 Å². The fraction of sp³-hybridized carbons (Fsp3) is 0.478. The van der Waals surface area contributed by atoms with Gasteiger partial charge in [-0.3, -0.25) is 9.59 Å². The second-order valence-corrected chi connectivity index (χ2v) is 8.90. The first kappa shape index (κ1) is 25.9. The zero-order chi connectivity index (χ0) is 26.2. The summed E-state index contributed by atoms with van der Waals surface area (Å²) in [5, 5.41) is 0. The van der Waals surface area contributed by atoms with E-state index in [1.807, 2.05) is 6.92 Å². The molecule has 13 heteroatoms. The predicted octanol–water partition coefficient (Wildman–Crippen LogP) is 2.29. The number of fused-ring (bicyclic) bond motifs is 1. The first-order valence-electron chi connectivity index (χ1n) is 11.3. The Balaban J connectivity index is 1.53. The summed E-state index contributed by atoms with van der Waals surface area (Å²) >= 11 is 0. The van der Waals surface area contributed by atoms with E-state index in [-0.39, 0.29) is 67.9 Å². The summed E-state index contributed by atoms with van der Waals surface area (Å²) in [6, 6.07) is 1.90. The number of nitrogens with two attached hydrogens (primary N) is 1. The summed E-state index contributed by atoms with van der Waals surface area (Å²) in [5.41, 5.74) is 4.63. The van der Waals surface area contributed by atoms with Gasteiger partial charge in [-0.1, -0.05) is 0 Å². The Morgan fingerprint density at radius 2 is 2.00 bits per heavy atom. The van der Waals surface area contributed by atoms with Gasteiger partial charge in [-0.05, 0) is 31.5 Å². The molecule has 0 radical (unpaired) electrons. The van der Waals surface area contributed by atoms with Crippen molar-refractivity contribution in [2.75, 3.05) is 26.2 Å². The molecule has 2 aromatic rings. The Kier molecular flexibility index (Phi) is 7.23. The number of carbonyl (C=O) groups excluding carboxylic acids is 2. The van der Waals surface area contributed by atoms with Crippen molar-refractivity contribution in [1.29, 1.82) is 0 Å². The van der Waals surface area contributed by atoms with Crippen molar-refractivity contribution in [1.82, 2.24) is 19.8 Å². The van der Waals surface area contributed by atoms with Gasteiger partial charge in [-0.25, -0.2) is 18.7 Å². The van der Waals surface area contributed by atoms with E-state index in [1.165, 1.54) is 9.80 Å². The Morgan fingerprint density at radius 1 is 1.25 bits per heavy atom. The quantitative estimate of drug-likeness (QED) is 0.616. The minimum atomic E-state index is -4.81. The van der Waals surface area contributed by atoms with Crippen LogP contribution in [-0.4, -0.2) is 70.0 Å². The van der Waals surface area contributed by atoms with Gasteiger partial charge in [0.15, 0.2) is 23.2 Å². The predicted molar refractivity (Wildman–Crippen MR) is 116 cm³/mol. The van der Waals surface area contributed by atoms with Crippen molar-refractivity contribution >= 4 is 11.8 Å². The van der Waals surface area contributed by atoms with Crippen LogP contribution in [0.25, 0.3) is 11.4 Å². The van der Waals surface area contributed by atoms with Crippen molar-refractivity contribution in [3.05, 3.63) is 46.8 Å². The monoisotopic (exact) mass is 513 g/mol. The number of halogens is 5. The van der Waals surface area contributed by atoms with E-state index in [0.29, 0.717) is 6.54 Å². The summed E-state index contributed by atoms with van der Waals surface area (Å²) in [5.74, 6) is -3.46. The second-order valence-electron chi connectivity index (χ2n) is 8.90. The number of hydrogen-bond acceptors (Lipinski definition) is 6. The highest BCUT2D eigenvalue weighted by Crippen LogP contribution is 2.35. The molecule has 4 rings (SSSR count). The van der Waals surface area contributed by atoms with Gasteiger partial charge < -0.3 is 20.3 Å². The van der Waals surface area contributed by atoms with Crippen molar-refractivity contribution in [2.45, 2.75) is 44.6 Å². The number of carbonyl (C=O) groups is 2. The number of morpholine rings is 1. The SMILES string of the molecule is C[C@H]1CN(C[C@H](N)CC(=O)N2CCc3c(nc(-c4ccc(F)c(F)c4)nc3C(F)(F)F)C2)C(=O)CO1. The average Bonchev–Trinajstić information content (AvgIpc) is 2.81. The van der Waals surface area contributed by atoms with Crippen LogP contribution in [0.3, 0.4) is 0 Å². The molecule has 2 amide bonds. The van der Waals surface area contributed by atoms with Crippen LogP contribution >= 0.6 is 0 Å². The Labute approximate surface area is 203 Å². The van der Waals surface area contributed by atoms with E-state index < -0.39 is 41.3 Å². The molecular weight excluding hydrogens is 489 g/mol. The van der Waals surface area contributed by atoms with E-state index >= 15 is 0 Å². The number of hydrogen-bond donors (Lipinski definition) is 1. The molecule has 0 spiro atoms. The molecule has 2 aliphatic rings. The van der Waals surface area contributed by atoms with Gasteiger partial charge in [0.2, 0.25) is 11.8 Å². The molecule has 1 aromatic carbocycles. The average molecular weight is 513 g/mol. The van der Waals surface area contributed by atoms with Crippen LogP contribution in [0.15, 0.2) is 18.2 Å². The number of rotatable bonds is 5. The molecular formula is C23H24F5N5O3. The Morgan fingerprint density at radius 3 is 2.69 bits per heavy atom. The number of aromatic nitrogens is 2. The smallest absolute Gasteiger partial charge is 0.367 e. The summed E-state index contributed by atoms with van der Waals surface area (Å²) in [6.07, 6.45) is -5.23. The first-order valence-corrected chi connectivity index (χ1v) is 11.3. The molecule has 1 saturated heterocycles. The third kappa shape index (κ3) is 5.62. The van der Waals surface area contributed by atoms with Crippen molar-refractivity contribution < 1.29 is 36.3 Å². The molecule has 2 atom stereocenters. The third-order valence-corrected chi connectivity index (χ3v) is 6.08. The molecule has 0 bridgehead atoms. The highest BCUT2D eigenvalue weighted by atomic mass is 19.4. The largest absolute Gasteiger partial charge is 0.433 e. The van der Waals surface area contributed by atoms with Gasteiger partial charge in [-0.2, -0.15) is 13.2 Å². The highest BCUT2D eigenvalue weighted by molar-refractivity contribution is 5.79. The fourth-order valence-electron chi connectivity index (χ4n) is 4.29. The Bertz CT molecular complexity index is 1180. The van der Waals surface area contributed by atoms with Crippen LogP contribution in [0.5, 0.6) is 0 Å². The molecule has 3 heterocycles. The van der Waals surface area contributed by atoms with Gasteiger partial charge in [0.05, 0.1) is 18.3 Å². The molecule has 1 aromatic heterocycles. The van der Waals surface area contributed by atoms with Crippen molar-refractivity contribution in [3.8, 4) is 11.4 Å². The minimum Gasteiger partial charge on any atom is -0.367 e. The standard InChI is InChI=1S/C23H24F5N5O3/c1-12-8-33(20(35)11-36-12)9-14(29)7-19(34)32-5-4-15-18(10-32)30-22(31-21(15)23(26,27)28)13-2-3-16(24)17(25)6-13/h2-3,6,12,14H,4-5,7-11,29H2,1H3/t12-,14+/m0/s1. The third-order valence-electron chi connectivity index (χ3n) is 6.08. The normalized spacial score (nSPS) is 19.3. The second kappa shape index (κ2) is 10.1. The summed E-state index contributed by atoms with van der Waals surface area (Å²) in [7, 11) is 0. The molecule has 0 saturated carbocycles. The maximum absolute atomic E-state index is 13.8. The summed E-state index contributed by atoms with van der Waals surface area (Å²) < 4.78 is 73.5. The molecule has 36 heavy (non-hydrogen) atoms. The van der Waals surface area contributed by atoms with Crippen LogP contribution in [0.2, 0.25) is 0 Å². The summed E-state index contributed by atoms with van der Waals surface area (Å²) in [4.78, 5) is 35.5. The van der Waals surface area contributed by atoms with Crippen molar-refractivity contribution in [3.63, 3.8) is 0 Å². The molecule has 0 aliphatic carbocycles. The highest BCUT2D eigenvalue weighted by Gasteiger charge is 2.39. The maximum Gasteiger partial charge on any atom is 0.433 e. The van der Waals surface area contributed by atoms with Gasteiger partial charge in [0.25, 0.3) is 0 Å². The molecule has 0 unspecified atom stereocenters. The van der Waals surface area contributed by atoms with Crippen molar-refractivity contribution in [2.24, 2.45) is 5.73 Å². The van der Waals surface area contributed by atoms with E-state index in [0.717, 1.165) is 18.2 Å². The van der Waals surface area contributed by atoms with E-state index in [4.69, 9.17) is 10.5 Å². The number of nitrogens with zero attached hydrogens (tertiary/aromatic N) is 4. The van der Waals surface area contributed by atoms with Crippen LogP contribution in [0.4, 0.5) is 22.0 Å². The number of amides is 2. The minimum absolute atomic E-state index is 0.00301. The van der Waals surface area contributed by atoms with E-state index in [1.54, 1.807) is 0 Å². The molecule has 2 N–H and O–H groups in total. The topological polar surface area (TPSA) is 102 Å².